The van der Waals surface area contributed by atoms with Crippen LogP contribution in [0.15, 0.2) is 11.6 Å². The number of carbonyl (C=O) groups is 1. The van der Waals surface area contributed by atoms with Crippen LogP contribution in [0.3, 0.4) is 0 Å². The van der Waals surface area contributed by atoms with Crippen LogP contribution in [0.4, 0.5) is 0 Å². The Kier molecular flexibility index (Phi) is 3.55. The smallest absolute Gasteiger partial charge is 0.308 e. The number of hydrogen-bond acceptors (Lipinski definition) is 2. The summed E-state index contributed by atoms with van der Waals surface area (Å²) < 4.78 is 0. The Morgan fingerprint density at radius 2 is 2.36 bits per heavy atom. The van der Waals surface area contributed by atoms with Crippen LogP contribution in [0.1, 0.15) is 13.3 Å². The van der Waals surface area contributed by atoms with E-state index in [1.165, 1.54) is 0 Å². The van der Waals surface area contributed by atoms with Gasteiger partial charge in [-0.05, 0) is 13.3 Å². The molecule has 0 unspecified atom stereocenters. The van der Waals surface area contributed by atoms with Crippen molar-refractivity contribution in [1.29, 1.82) is 0 Å². The molecule has 0 heterocycles. The Bertz CT molecular complexity index is 191. The van der Waals surface area contributed by atoms with Gasteiger partial charge in [0.1, 0.15) is 0 Å². The quantitative estimate of drug-likeness (QED) is 0.582. The normalized spacial score (nSPS) is 29.1. The van der Waals surface area contributed by atoms with Crippen LogP contribution in [0, 0.1) is 5.92 Å². The molecule has 0 bridgehead atoms. The van der Waals surface area contributed by atoms with Crippen molar-refractivity contribution in [2.24, 2.45) is 11.7 Å². The molecule has 1 aliphatic rings. The number of rotatable bonds is 1. The van der Waals surface area contributed by atoms with Crippen molar-refractivity contribution < 1.29 is 9.90 Å². The van der Waals surface area contributed by atoms with Crippen molar-refractivity contribution >= 4 is 18.4 Å². The highest BCUT2D eigenvalue weighted by molar-refractivity contribution is 5.85. The molecule has 1 aliphatic carbocycles. The predicted octanol–water partition coefficient (Wildman–Crippen LogP) is 0.786. The lowest BCUT2D eigenvalue weighted by Crippen LogP contribution is -2.30. The molecular formula is C7H12ClNO2. The van der Waals surface area contributed by atoms with Gasteiger partial charge < -0.3 is 10.8 Å². The molecule has 0 amide bonds. The summed E-state index contributed by atoms with van der Waals surface area (Å²) in [4.78, 5) is 10.4. The highest BCUT2D eigenvalue weighted by atomic mass is 35.5. The van der Waals surface area contributed by atoms with Gasteiger partial charge >= 0.3 is 5.97 Å². The summed E-state index contributed by atoms with van der Waals surface area (Å²) in [6.07, 6.45) is 2.43. The Labute approximate surface area is 71.7 Å². The summed E-state index contributed by atoms with van der Waals surface area (Å²) in [6, 6.07) is -0.280. The lowest BCUT2D eigenvalue weighted by molar-refractivity contribution is -0.141. The second-order valence-electron chi connectivity index (χ2n) is 2.74. The van der Waals surface area contributed by atoms with Gasteiger partial charge in [-0.2, -0.15) is 0 Å². The molecule has 0 fully saturated rings. The van der Waals surface area contributed by atoms with Gasteiger partial charge in [-0.3, -0.25) is 4.79 Å². The van der Waals surface area contributed by atoms with Gasteiger partial charge in [0.2, 0.25) is 0 Å². The van der Waals surface area contributed by atoms with E-state index in [4.69, 9.17) is 10.8 Å². The fourth-order valence-corrected chi connectivity index (χ4v) is 1.25. The maximum Gasteiger partial charge on any atom is 0.308 e. The van der Waals surface area contributed by atoms with Gasteiger partial charge in [0.05, 0.1) is 5.92 Å². The van der Waals surface area contributed by atoms with Crippen LogP contribution >= 0.6 is 12.4 Å². The van der Waals surface area contributed by atoms with Crippen molar-refractivity contribution in [3.63, 3.8) is 0 Å². The van der Waals surface area contributed by atoms with Gasteiger partial charge in [-0.1, -0.05) is 11.6 Å². The molecule has 0 aromatic carbocycles. The Balaban J connectivity index is 0.000001000. The third-order valence-electron chi connectivity index (χ3n) is 1.80. The zero-order valence-electron chi connectivity index (χ0n) is 6.28. The molecule has 2 atom stereocenters. The molecule has 4 heteroatoms. The molecule has 0 radical (unpaired) electrons. The third-order valence-corrected chi connectivity index (χ3v) is 1.80. The van der Waals surface area contributed by atoms with E-state index in [2.05, 4.69) is 0 Å². The molecular weight excluding hydrogens is 166 g/mol. The highest BCUT2D eigenvalue weighted by Gasteiger charge is 2.28. The molecule has 0 spiro atoms. The van der Waals surface area contributed by atoms with Crippen molar-refractivity contribution in [3.05, 3.63) is 11.6 Å². The number of nitrogens with two attached hydrogens (primary N) is 1. The zero-order valence-corrected chi connectivity index (χ0v) is 7.10. The fourth-order valence-electron chi connectivity index (χ4n) is 1.25. The van der Waals surface area contributed by atoms with E-state index in [-0.39, 0.29) is 24.4 Å². The van der Waals surface area contributed by atoms with Crippen LogP contribution in [0.5, 0.6) is 0 Å². The van der Waals surface area contributed by atoms with Gasteiger partial charge in [0, 0.05) is 6.04 Å². The first-order valence-electron chi connectivity index (χ1n) is 3.27. The van der Waals surface area contributed by atoms with Gasteiger partial charge in [0.15, 0.2) is 0 Å². The topological polar surface area (TPSA) is 63.3 Å². The van der Waals surface area contributed by atoms with Crippen LogP contribution in [-0.4, -0.2) is 17.1 Å². The number of carboxylic acids is 1. The van der Waals surface area contributed by atoms with E-state index >= 15 is 0 Å². The minimum Gasteiger partial charge on any atom is -0.481 e. The minimum atomic E-state index is -0.791. The van der Waals surface area contributed by atoms with Gasteiger partial charge in [-0.25, -0.2) is 0 Å². The number of aliphatic carboxylic acids is 1. The van der Waals surface area contributed by atoms with E-state index in [1.54, 1.807) is 0 Å². The van der Waals surface area contributed by atoms with E-state index in [9.17, 15) is 4.79 Å². The summed E-state index contributed by atoms with van der Waals surface area (Å²) in [5, 5.41) is 8.59. The largest absolute Gasteiger partial charge is 0.481 e. The maximum absolute atomic E-state index is 10.4. The van der Waals surface area contributed by atoms with Crippen LogP contribution < -0.4 is 5.73 Å². The lowest BCUT2D eigenvalue weighted by Gasteiger charge is -2.07. The van der Waals surface area contributed by atoms with Crippen molar-refractivity contribution in [3.8, 4) is 0 Å². The average Bonchev–Trinajstić information content (AvgIpc) is 2.10. The molecule has 0 aliphatic heterocycles. The Morgan fingerprint density at radius 1 is 1.82 bits per heavy atom. The molecule has 11 heavy (non-hydrogen) atoms. The molecule has 0 saturated heterocycles. The minimum absolute atomic E-state index is 0. The van der Waals surface area contributed by atoms with E-state index in [1.807, 2.05) is 13.0 Å². The van der Waals surface area contributed by atoms with Crippen LogP contribution in [-0.2, 0) is 4.79 Å². The number of carboxylic acid groups (broad SMARTS) is 1. The lowest BCUT2D eigenvalue weighted by atomic mass is 10.0. The Morgan fingerprint density at radius 3 is 2.55 bits per heavy atom. The molecule has 1 rings (SSSR count). The SMILES string of the molecule is CC1=C[C@H](N)[C@H](C(=O)O)C1.Cl. The summed E-state index contributed by atoms with van der Waals surface area (Å²) in [7, 11) is 0. The van der Waals surface area contributed by atoms with Crippen molar-refractivity contribution in [2.45, 2.75) is 19.4 Å². The predicted molar refractivity (Wildman–Crippen MR) is 44.7 cm³/mol. The standard InChI is InChI=1S/C7H11NO2.ClH/c1-4-2-5(7(9)10)6(8)3-4;/h3,5-6H,2,8H2,1H3,(H,9,10);1H/t5-,6+;/m1./s1. The molecule has 64 valence electrons. The van der Waals surface area contributed by atoms with Gasteiger partial charge in [0.25, 0.3) is 0 Å². The third kappa shape index (κ3) is 2.20. The summed E-state index contributed by atoms with van der Waals surface area (Å²) in [5.74, 6) is -1.18. The monoisotopic (exact) mass is 177 g/mol. The maximum atomic E-state index is 10.4. The molecule has 0 aromatic heterocycles. The molecule has 0 saturated carbocycles. The van der Waals surface area contributed by atoms with E-state index < -0.39 is 5.97 Å². The van der Waals surface area contributed by atoms with Crippen molar-refractivity contribution in [2.75, 3.05) is 0 Å². The summed E-state index contributed by atoms with van der Waals surface area (Å²) >= 11 is 0. The average molecular weight is 178 g/mol. The Hall–Kier alpha value is -0.540. The number of allylic oxidation sites excluding steroid dienone is 1. The second kappa shape index (κ2) is 3.74. The molecule has 0 aromatic rings. The van der Waals surface area contributed by atoms with E-state index in [0.29, 0.717) is 6.42 Å². The number of hydrogen-bond donors (Lipinski definition) is 2. The van der Waals surface area contributed by atoms with Crippen LogP contribution in [0.25, 0.3) is 0 Å². The van der Waals surface area contributed by atoms with E-state index in [0.717, 1.165) is 5.57 Å². The fraction of sp³-hybridized carbons (Fsp3) is 0.571. The van der Waals surface area contributed by atoms with Crippen LogP contribution in [0.2, 0.25) is 0 Å². The summed E-state index contributed by atoms with van der Waals surface area (Å²) in [5.41, 5.74) is 6.60. The van der Waals surface area contributed by atoms with Gasteiger partial charge in [-0.15, -0.1) is 12.4 Å². The first-order valence-corrected chi connectivity index (χ1v) is 3.27. The zero-order chi connectivity index (χ0) is 7.72. The first kappa shape index (κ1) is 10.5. The first-order chi connectivity index (χ1) is 4.61. The van der Waals surface area contributed by atoms with Crippen molar-refractivity contribution in [1.82, 2.24) is 0 Å². The summed E-state index contributed by atoms with van der Waals surface area (Å²) in [6.45, 7) is 1.91. The second-order valence-corrected chi connectivity index (χ2v) is 2.74. The molecule has 3 N–H and O–H groups in total. The molecule has 3 nitrogen and oxygen atoms in total. The highest BCUT2D eigenvalue weighted by Crippen LogP contribution is 2.23. The number of halogens is 1.